The maximum atomic E-state index is 12.2. The first-order valence-corrected chi connectivity index (χ1v) is 7.96. The normalized spacial score (nSPS) is 11.6. The molecule has 2 rings (SSSR count). The first-order chi connectivity index (χ1) is 11.9. The van der Waals surface area contributed by atoms with Crippen LogP contribution in [0, 0.1) is 0 Å². The summed E-state index contributed by atoms with van der Waals surface area (Å²) in [7, 11) is 7.42. The molecule has 1 heterocycles. The fourth-order valence-corrected chi connectivity index (χ4v) is 1.94. The zero-order valence-corrected chi connectivity index (χ0v) is 15.2. The Morgan fingerprint density at radius 1 is 1.04 bits per heavy atom. The second kappa shape index (κ2) is 8.27. The Labute approximate surface area is 147 Å². The number of hydrogen-bond donors (Lipinski definition) is 1. The van der Waals surface area contributed by atoms with Crippen molar-refractivity contribution in [1.29, 1.82) is 0 Å². The Hall–Kier alpha value is -2.90. The average molecular weight is 344 g/mol. The van der Waals surface area contributed by atoms with Crippen molar-refractivity contribution in [1.82, 2.24) is 20.3 Å². The molecule has 0 fully saturated rings. The summed E-state index contributed by atoms with van der Waals surface area (Å²) in [4.78, 5) is 28.9. The van der Waals surface area contributed by atoms with Crippen molar-refractivity contribution in [2.75, 3.05) is 38.0 Å². The lowest BCUT2D eigenvalue weighted by molar-refractivity contribution is -0.127. The second-order valence-electron chi connectivity index (χ2n) is 5.93. The molecule has 1 atom stereocenters. The van der Waals surface area contributed by atoms with Crippen molar-refractivity contribution < 1.29 is 9.53 Å². The van der Waals surface area contributed by atoms with Gasteiger partial charge in [-0.25, -0.2) is 0 Å². The van der Waals surface area contributed by atoms with Crippen molar-refractivity contribution in [2.24, 2.45) is 0 Å². The number of carbonyl (C=O) groups excluding carboxylic acids is 1. The summed E-state index contributed by atoms with van der Waals surface area (Å²) in [6.07, 6.45) is -0.620. The van der Waals surface area contributed by atoms with E-state index in [0.29, 0.717) is 23.5 Å². The van der Waals surface area contributed by atoms with Gasteiger partial charge in [-0.15, -0.1) is 0 Å². The van der Waals surface area contributed by atoms with Crippen LogP contribution in [0.25, 0.3) is 0 Å². The molecule has 25 heavy (non-hydrogen) atoms. The number of carbonyl (C=O) groups is 1. The quantitative estimate of drug-likeness (QED) is 0.805. The van der Waals surface area contributed by atoms with Gasteiger partial charge < -0.3 is 19.9 Å². The minimum Gasteiger partial charge on any atom is -0.481 e. The number of anilines is 2. The molecule has 134 valence electrons. The molecule has 1 unspecified atom stereocenters. The first-order valence-electron chi connectivity index (χ1n) is 7.96. The lowest BCUT2D eigenvalue weighted by Gasteiger charge is -2.17. The summed E-state index contributed by atoms with van der Waals surface area (Å²) in [5.74, 6) is 1.98. The fraction of sp³-hybridized carbons (Fsp3) is 0.412. The Morgan fingerprint density at radius 3 is 2.12 bits per heavy atom. The fourth-order valence-electron chi connectivity index (χ4n) is 1.94. The highest BCUT2D eigenvalue weighted by molar-refractivity contribution is 5.80. The smallest absolute Gasteiger partial charge is 0.261 e. The van der Waals surface area contributed by atoms with Crippen LogP contribution in [-0.2, 0) is 11.3 Å². The van der Waals surface area contributed by atoms with E-state index in [9.17, 15) is 4.79 Å². The zero-order valence-electron chi connectivity index (χ0n) is 15.2. The van der Waals surface area contributed by atoms with E-state index in [0.717, 1.165) is 0 Å². The van der Waals surface area contributed by atoms with Crippen LogP contribution in [0.2, 0.25) is 0 Å². The van der Waals surface area contributed by atoms with Crippen molar-refractivity contribution in [3.05, 3.63) is 36.2 Å². The number of ether oxygens (including phenoxy) is 1. The van der Waals surface area contributed by atoms with E-state index in [-0.39, 0.29) is 12.5 Å². The Kier molecular flexibility index (Phi) is 6.10. The molecule has 0 aliphatic heterocycles. The maximum absolute atomic E-state index is 12.2. The molecule has 0 saturated heterocycles. The molecular weight excluding hydrogens is 320 g/mol. The first kappa shape index (κ1) is 18.4. The summed E-state index contributed by atoms with van der Waals surface area (Å²) < 4.78 is 5.61. The van der Waals surface area contributed by atoms with Crippen LogP contribution in [0.5, 0.6) is 5.75 Å². The third kappa shape index (κ3) is 5.30. The Balaban J connectivity index is 2.01. The van der Waals surface area contributed by atoms with Gasteiger partial charge in [0.1, 0.15) is 5.75 Å². The van der Waals surface area contributed by atoms with E-state index in [1.807, 2.05) is 58.5 Å². The molecule has 0 saturated carbocycles. The number of nitrogens with one attached hydrogen (secondary N) is 1. The van der Waals surface area contributed by atoms with Crippen LogP contribution in [0.15, 0.2) is 30.3 Å². The highest BCUT2D eigenvalue weighted by atomic mass is 16.5. The average Bonchev–Trinajstić information content (AvgIpc) is 2.60. The summed E-state index contributed by atoms with van der Waals surface area (Å²) in [5, 5.41) is 2.80. The highest BCUT2D eigenvalue weighted by Gasteiger charge is 2.16. The standard InChI is InChI=1S/C17H24N6O2/c1-12(25-13-9-7-6-8-10-13)15(24)18-11-14-19-16(22(2)3)21-17(20-14)23(4)5/h6-10,12H,11H2,1-5H3,(H,18,24). The molecule has 1 N–H and O–H groups in total. The lowest BCUT2D eigenvalue weighted by Crippen LogP contribution is -2.36. The molecule has 8 nitrogen and oxygen atoms in total. The van der Waals surface area contributed by atoms with Gasteiger partial charge in [-0.1, -0.05) is 18.2 Å². The predicted molar refractivity (Wildman–Crippen MR) is 96.9 cm³/mol. The number of amides is 1. The topological polar surface area (TPSA) is 83.5 Å². The number of aromatic nitrogens is 3. The van der Waals surface area contributed by atoms with E-state index < -0.39 is 6.10 Å². The third-order valence-corrected chi connectivity index (χ3v) is 3.30. The van der Waals surface area contributed by atoms with Gasteiger partial charge >= 0.3 is 0 Å². The highest BCUT2D eigenvalue weighted by Crippen LogP contribution is 2.12. The van der Waals surface area contributed by atoms with Crippen molar-refractivity contribution >= 4 is 17.8 Å². The molecule has 0 aliphatic carbocycles. The van der Waals surface area contributed by atoms with E-state index in [2.05, 4.69) is 20.3 Å². The maximum Gasteiger partial charge on any atom is 0.261 e. The van der Waals surface area contributed by atoms with Gasteiger partial charge in [0, 0.05) is 28.2 Å². The van der Waals surface area contributed by atoms with Gasteiger partial charge in [0.15, 0.2) is 11.9 Å². The van der Waals surface area contributed by atoms with E-state index in [1.165, 1.54) is 0 Å². The summed E-state index contributed by atoms with van der Waals surface area (Å²) in [6, 6.07) is 9.22. The minimum atomic E-state index is -0.620. The van der Waals surface area contributed by atoms with Crippen LogP contribution >= 0.6 is 0 Å². The molecule has 2 aromatic rings. The predicted octanol–water partition coefficient (Wildman–Crippen LogP) is 1.09. The number of benzene rings is 1. The monoisotopic (exact) mass is 344 g/mol. The van der Waals surface area contributed by atoms with Crippen LogP contribution < -0.4 is 19.9 Å². The number of rotatable bonds is 7. The molecule has 1 amide bonds. The van der Waals surface area contributed by atoms with Crippen molar-refractivity contribution in [3.8, 4) is 5.75 Å². The van der Waals surface area contributed by atoms with Crippen molar-refractivity contribution in [2.45, 2.75) is 19.6 Å². The summed E-state index contributed by atoms with van der Waals surface area (Å²) >= 11 is 0. The van der Waals surface area contributed by atoms with Crippen LogP contribution in [0.1, 0.15) is 12.7 Å². The third-order valence-electron chi connectivity index (χ3n) is 3.30. The number of nitrogens with zero attached hydrogens (tertiary/aromatic N) is 5. The van der Waals surface area contributed by atoms with E-state index >= 15 is 0 Å². The number of hydrogen-bond acceptors (Lipinski definition) is 7. The minimum absolute atomic E-state index is 0.200. The summed E-state index contributed by atoms with van der Waals surface area (Å²) in [6.45, 7) is 1.90. The number of para-hydroxylation sites is 1. The largest absolute Gasteiger partial charge is 0.481 e. The molecule has 0 bridgehead atoms. The van der Waals surface area contributed by atoms with Crippen LogP contribution in [-0.4, -0.2) is 55.2 Å². The second-order valence-corrected chi connectivity index (χ2v) is 5.93. The molecule has 1 aromatic heterocycles. The molecule has 8 heteroatoms. The van der Waals surface area contributed by atoms with E-state index in [4.69, 9.17) is 4.74 Å². The van der Waals surface area contributed by atoms with Crippen LogP contribution in [0.3, 0.4) is 0 Å². The van der Waals surface area contributed by atoms with E-state index in [1.54, 1.807) is 16.7 Å². The zero-order chi connectivity index (χ0) is 18.4. The lowest BCUT2D eigenvalue weighted by atomic mass is 10.3. The van der Waals surface area contributed by atoms with Crippen molar-refractivity contribution in [3.63, 3.8) is 0 Å². The Morgan fingerprint density at radius 2 is 1.60 bits per heavy atom. The molecule has 0 spiro atoms. The molecule has 1 aromatic carbocycles. The van der Waals surface area contributed by atoms with Gasteiger partial charge in [-0.3, -0.25) is 4.79 Å². The Bertz CT molecular complexity index is 679. The van der Waals surface area contributed by atoms with Gasteiger partial charge in [-0.2, -0.15) is 15.0 Å². The molecular formula is C17H24N6O2. The summed E-state index contributed by atoms with van der Waals surface area (Å²) in [5.41, 5.74) is 0. The van der Waals surface area contributed by atoms with Crippen LogP contribution in [0.4, 0.5) is 11.9 Å². The SMILES string of the molecule is CC(Oc1ccccc1)C(=O)NCc1nc(N(C)C)nc(N(C)C)n1. The van der Waals surface area contributed by atoms with Gasteiger partial charge in [0.05, 0.1) is 6.54 Å². The van der Waals surface area contributed by atoms with Gasteiger partial charge in [-0.05, 0) is 19.1 Å². The molecule has 0 aliphatic rings. The van der Waals surface area contributed by atoms with Gasteiger partial charge in [0.2, 0.25) is 11.9 Å². The van der Waals surface area contributed by atoms with Gasteiger partial charge in [0.25, 0.3) is 5.91 Å². The molecule has 0 radical (unpaired) electrons.